The van der Waals surface area contributed by atoms with Crippen LogP contribution in [0.5, 0.6) is 0 Å². The highest BCUT2D eigenvalue weighted by Gasteiger charge is 2.06. The van der Waals surface area contributed by atoms with E-state index in [9.17, 15) is 5.11 Å². The van der Waals surface area contributed by atoms with E-state index >= 15 is 0 Å². The van der Waals surface area contributed by atoms with Gasteiger partial charge < -0.3 is 10.0 Å². The smallest absolute Gasteiger partial charge is 0.0707 e. The second kappa shape index (κ2) is 4.60. The Morgan fingerprint density at radius 2 is 2.33 bits per heavy atom. The van der Waals surface area contributed by atoms with Gasteiger partial charge in [0.2, 0.25) is 0 Å². The third kappa shape index (κ3) is 3.34. The Morgan fingerprint density at radius 3 is 2.83 bits per heavy atom. The van der Waals surface area contributed by atoms with Gasteiger partial charge in [-0.25, -0.2) is 0 Å². The van der Waals surface area contributed by atoms with Crippen LogP contribution >= 0.6 is 11.3 Å². The molecule has 1 rings (SSSR count). The van der Waals surface area contributed by atoms with Crippen LogP contribution in [0.3, 0.4) is 0 Å². The van der Waals surface area contributed by atoms with Crippen LogP contribution in [-0.4, -0.2) is 36.8 Å². The van der Waals surface area contributed by atoms with Gasteiger partial charge in [0.1, 0.15) is 0 Å². The van der Waals surface area contributed by atoms with E-state index < -0.39 is 0 Å². The molecule has 68 valence electrons. The van der Waals surface area contributed by atoms with Crippen LogP contribution in [0.15, 0.2) is 16.8 Å². The summed E-state index contributed by atoms with van der Waals surface area (Å²) in [4.78, 5) is 2.00. The van der Waals surface area contributed by atoms with Crippen molar-refractivity contribution >= 4 is 11.3 Å². The van der Waals surface area contributed by atoms with E-state index in [0.717, 1.165) is 13.0 Å². The summed E-state index contributed by atoms with van der Waals surface area (Å²) in [6.07, 6.45) is 0.524. The van der Waals surface area contributed by atoms with Crippen molar-refractivity contribution in [3.63, 3.8) is 0 Å². The monoisotopic (exact) mass is 185 g/mol. The van der Waals surface area contributed by atoms with Crippen molar-refractivity contribution in [1.82, 2.24) is 4.90 Å². The van der Waals surface area contributed by atoms with Crippen molar-refractivity contribution in [2.75, 3.05) is 20.6 Å². The van der Waals surface area contributed by atoms with Crippen LogP contribution in [0.4, 0.5) is 0 Å². The number of hydrogen-bond acceptors (Lipinski definition) is 3. The number of aliphatic hydroxyl groups is 1. The lowest BCUT2D eigenvalue weighted by Crippen LogP contribution is -2.27. The van der Waals surface area contributed by atoms with Crippen LogP contribution in [0.1, 0.15) is 5.56 Å². The minimum Gasteiger partial charge on any atom is -0.391 e. The van der Waals surface area contributed by atoms with Crippen molar-refractivity contribution in [3.8, 4) is 0 Å². The molecule has 1 aromatic heterocycles. The molecule has 0 aromatic carbocycles. The van der Waals surface area contributed by atoms with Crippen LogP contribution in [0.25, 0.3) is 0 Å². The van der Waals surface area contributed by atoms with Gasteiger partial charge in [-0.05, 0) is 36.5 Å². The third-order valence-electron chi connectivity index (χ3n) is 1.63. The van der Waals surface area contributed by atoms with Gasteiger partial charge in [-0.15, -0.1) is 0 Å². The van der Waals surface area contributed by atoms with Crippen molar-refractivity contribution < 1.29 is 5.11 Å². The van der Waals surface area contributed by atoms with Crippen molar-refractivity contribution in [3.05, 3.63) is 22.4 Å². The van der Waals surface area contributed by atoms with E-state index in [0.29, 0.717) is 0 Å². The summed E-state index contributed by atoms with van der Waals surface area (Å²) in [6, 6.07) is 2.06. The molecule has 0 bridgehead atoms. The predicted molar refractivity (Wildman–Crippen MR) is 52.6 cm³/mol. The van der Waals surface area contributed by atoms with E-state index in [1.54, 1.807) is 11.3 Å². The first-order valence-corrected chi connectivity index (χ1v) is 4.96. The number of nitrogens with zero attached hydrogens (tertiary/aromatic N) is 1. The SMILES string of the molecule is CN(C)CC(O)Cc1ccsc1. The summed E-state index contributed by atoms with van der Waals surface area (Å²) in [5, 5.41) is 13.7. The standard InChI is InChI=1S/C9H15NOS/c1-10(2)6-9(11)5-8-3-4-12-7-8/h3-4,7,9,11H,5-6H2,1-2H3. The van der Waals surface area contributed by atoms with Crippen molar-refractivity contribution in [1.29, 1.82) is 0 Å². The number of aliphatic hydroxyl groups excluding tert-OH is 1. The lowest BCUT2D eigenvalue weighted by Gasteiger charge is -2.14. The molecule has 0 amide bonds. The Labute approximate surface area is 77.5 Å². The number of rotatable bonds is 4. The van der Waals surface area contributed by atoms with Crippen LogP contribution < -0.4 is 0 Å². The minimum atomic E-state index is -0.241. The molecular formula is C9H15NOS. The number of hydrogen-bond donors (Lipinski definition) is 1. The Balaban J connectivity index is 2.32. The van der Waals surface area contributed by atoms with Crippen LogP contribution in [0, 0.1) is 0 Å². The molecule has 3 heteroatoms. The molecule has 0 fully saturated rings. The molecule has 1 N–H and O–H groups in total. The second-order valence-electron chi connectivity index (χ2n) is 3.25. The van der Waals surface area contributed by atoms with E-state index in [4.69, 9.17) is 0 Å². The molecule has 2 nitrogen and oxygen atoms in total. The molecule has 0 saturated carbocycles. The van der Waals surface area contributed by atoms with Gasteiger partial charge in [0.25, 0.3) is 0 Å². The lowest BCUT2D eigenvalue weighted by molar-refractivity contribution is 0.137. The summed E-state index contributed by atoms with van der Waals surface area (Å²) in [7, 11) is 3.94. The Hall–Kier alpha value is -0.380. The molecule has 0 aliphatic heterocycles. The van der Waals surface area contributed by atoms with Gasteiger partial charge in [-0.3, -0.25) is 0 Å². The van der Waals surface area contributed by atoms with Gasteiger partial charge in [0.15, 0.2) is 0 Å². The molecule has 1 unspecified atom stereocenters. The molecule has 1 aromatic rings. The molecule has 1 atom stereocenters. The summed E-state index contributed by atoms with van der Waals surface area (Å²) in [5.41, 5.74) is 1.23. The third-order valence-corrected chi connectivity index (χ3v) is 2.36. The highest BCUT2D eigenvalue weighted by Crippen LogP contribution is 2.08. The van der Waals surface area contributed by atoms with Crippen molar-refractivity contribution in [2.24, 2.45) is 0 Å². The summed E-state index contributed by atoms with van der Waals surface area (Å²) >= 11 is 1.68. The van der Waals surface area contributed by atoms with Gasteiger partial charge in [0.05, 0.1) is 6.10 Å². The summed E-state index contributed by atoms with van der Waals surface area (Å²) in [5.74, 6) is 0. The topological polar surface area (TPSA) is 23.5 Å². The minimum absolute atomic E-state index is 0.241. The lowest BCUT2D eigenvalue weighted by atomic mass is 10.1. The van der Waals surface area contributed by atoms with E-state index in [-0.39, 0.29) is 6.10 Å². The van der Waals surface area contributed by atoms with E-state index in [1.807, 2.05) is 24.4 Å². The van der Waals surface area contributed by atoms with Crippen LogP contribution in [0.2, 0.25) is 0 Å². The maximum absolute atomic E-state index is 9.55. The quantitative estimate of drug-likeness (QED) is 0.762. The molecule has 12 heavy (non-hydrogen) atoms. The normalized spacial score (nSPS) is 13.7. The number of thiophene rings is 1. The van der Waals surface area contributed by atoms with Crippen LogP contribution in [-0.2, 0) is 6.42 Å². The van der Waals surface area contributed by atoms with Gasteiger partial charge in [0, 0.05) is 13.0 Å². The average molecular weight is 185 g/mol. The van der Waals surface area contributed by atoms with Gasteiger partial charge >= 0.3 is 0 Å². The fourth-order valence-corrected chi connectivity index (χ4v) is 1.85. The first-order valence-electron chi connectivity index (χ1n) is 4.02. The zero-order chi connectivity index (χ0) is 8.97. The predicted octanol–water partition coefficient (Wildman–Crippen LogP) is 1.21. The van der Waals surface area contributed by atoms with Crippen molar-refractivity contribution in [2.45, 2.75) is 12.5 Å². The maximum Gasteiger partial charge on any atom is 0.0707 e. The highest BCUT2D eigenvalue weighted by molar-refractivity contribution is 7.07. The fraction of sp³-hybridized carbons (Fsp3) is 0.556. The zero-order valence-corrected chi connectivity index (χ0v) is 8.34. The Kier molecular flexibility index (Phi) is 3.72. The Bertz CT molecular complexity index is 208. The zero-order valence-electron chi connectivity index (χ0n) is 7.53. The first-order chi connectivity index (χ1) is 5.68. The average Bonchev–Trinajstić information content (AvgIpc) is 2.37. The second-order valence-corrected chi connectivity index (χ2v) is 4.03. The highest BCUT2D eigenvalue weighted by atomic mass is 32.1. The molecule has 0 aliphatic rings. The summed E-state index contributed by atoms with van der Waals surface area (Å²) in [6.45, 7) is 0.732. The largest absolute Gasteiger partial charge is 0.391 e. The number of likely N-dealkylation sites (N-methyl/N-ethyl adjacent to an activating group) is 1. The molecular weight excluding hydrogens is 170 g/mol. The molecule has 0 saturated heterocycles. The van der Waals surface area contributed by atoms with Gasteiger partial charge in [-0.1, -0.05) is 0 Å². The molecule has 0 radical (unpaired) electrons. The van der Waals surface area contributed by atoms with E-state index in [1.165, 1.54) is 5.56 Å². The van der Waals surface area contributed by atoms with E-state index in [2.05, 4.69) is 11.4 Å². The first kappa shape index (κ1) is 9.71. The Morgan fingerprint density at radius 1 is 1.58 bits per heavy atom. The molecule has 0 aliphatic carbocycles. The maximum atomic E-state index is 9.55. The fourth-order valence-electron chi connectivity index (χ4n) is 1.17. The summed E-state index contributed by atoms with van der Waals surface area (Å²) < 4.78 is 0. The molecule has 0 spiro atoms. The molecule has 1 heterocycles. The van der Waals surface area contributed by atoms with Gasteiger partial charge in [-0.2, -0.15) is 11.3 Å².